The summed E-state index contributed by atoms with van der Waals surface area (Å²) >= 11 is 0. The quantitative estimate of drug-likeness (QED) is 0.850. The first-order valence-corrected chi connectivity index (χ1v) is 6.31. The number of esters is 1. The number of methoxy groups -OCH3 is 2. The van der Waals surface area contributed by atoms with Crippen LogP contribution in [0.5, 0.6) is 5.75 Å². The number of carbonyl (C=O) groups excluding carboxylic acids is 2. The van der Waals surface area contributed by atoms with Crippen molar-refractivity contribution in [2.24, 2.45) is 0 Å². The number of ether oxygens (including phenoxy) is 3. The predicted octanol–water partition coefficient (Wildman–Crippen LogP) is 1.58. The van der Waals surface area contributed by atoms with Gasteiger partial charge in [-0.25, -0.2) is 4.79 Å². The van der Waals surface area contributed by atoms with Crippen LogP contribution in [0.4, 0.5) is 4.79 Å². The number of benzene rings is 1. The van der Waals surface area contributed by atoms with Crippen molar-refractivity contribution < 1.29 is 23.8 Å². The van der Waals surface area contributed by atoms with E-state index in [-0.39, 0.29) is 11.9 Å². The molecule has 0 spiro atoms. The largest absolute Gasteiger partial charge is 0.493 e. The molecule has 2 rings (SSSR count). The van der Waals surface area contributed by atoms with E-state index in [2.05, 4.69) is 10.1 Å². The molecule has 0 fully saturated rings. The van der Waals surface area contributed by atoms with Crippen LogP contribution in [0, 0.1) is 0 Å². The highest BCUT2D eigenvalue weighted by Crippen LogP contribution is 2.35. The third-order valence-corrected chi connectivity index (χ3v) is 3.22. The van der Waals surface area contributed by atoms with Crippen LogP contribution in [0.2, 0.25) is 0 Å². The number of nitrogens with one attached hydrogen (secondary N) is 1. The van der Waals surface area contributed by atoms with Gasteiger partial charge in [-0.2, -0.15) is 0 Å². The maximum absolute atomic E-state index is 11.8. The van der Waals surface area contributed by atoms with Gasteiger partial charge in [0.2, 0.25) is 0 Å². The molecule has 0 saturated carbocycles. The van der Waals surface area contributed by atoms with Crippen LogP contribution >= 0.6 is 0 Å². The minimum Gasteiger partial charge on any atom is -0.493 e. The Morgan fingerprint density at radius 3 is 2.85 bits per heavy atom. The van der Waals surface area contributed by atoms with Crippen molar-refractivity contribution >= 4 is 12.1 Å². The lowest BCUT2D eigenvalue weighted by Gasteiger charge is -2.24. The fourth-order valence-electron chi connectivity index (χ4n) is 2.19. The molecule has 1 aliphatic rings. The van der Waals surface area contributed by atoms with Gasteiger partial charge in [0.1, 0.15) is 5.75 Å². The summed E-state index contributed by atoms with van der Waals surface area (Å²) < 4.78 is 14.9. The zero-order valence-corrected chi connectivity index (χ0v) is 11.5. The maximum atomic E-state index is 11.8. The van der Waals surface area contributed by atoms with E-state index in [1.165, 1.54) is 14.2 Å². The van der Waals surface area contributed by atoms with Gasteiger partial charge in [0.25, 0.3) is 0 Å². The molecule has 6 nitrogen and oxygen atoms in total. The molecule has 1 aromatic rings. The van der Waals surface area contributed by atoms with E-state index in [1.807, 2.05) is 12.1 Å². The molecule has 20 heavy (non-hydrogen) atoms. The van der Waals surface area contributed by atoms with Crippen molar-refractivity contribution in [3.63, 3.8) is 0 Å². The van der Waals surface area contributed by atoms with Crippen LogP contribution < -0.4 is 10.1 Å². The number of hydrogen-bond donors (Lipinski definition) is 1. The van der Waals surface area contributed by atoms with Crippen LogP contribution in [0.25, 0.3) is 0 Å². The van der Waals surface area contributed by atoms with Crippen LogP contribution in [0.3, 0.4) is 0 Å². The van der Waals surface area contributed by atoms with Gasteiger partial charge < -0.3 is 19.5 Å². The molecule has 1 heterocycles. The Labute approximate surface area is 117 Å². The normalized spacial score (nSPS) is 16.6. The van der Waals surface area contributed by atoms with E-state index in [1.54, 1.807) is 6.07 Å². The summed E-state index contributed by atoms with van der Waals surface area (Å²) in [5, 5.41) is 2.60. The molecule has 0 aliphatic carbocycles. The molecule has 1 amide bonds. The number of hydrogen-bond acceptors (Lipinski definition) is 5. The van der Waals surface area contributed by atoms with Crippen molar-refractivity contribution in [1.29, 1.82) is 0 Å². The number of amides is 1. The number of rotatable bonds is 3. The van der Waals surface area contributed by atoms with Crippen molar-refractivity contribution in [3.05, 3.63) is 29.3 Å². The van der Waals surface area contributed by atoms with E-state index in [4.69, 9.17) is 9.47 Å². The molecule has 0 bridgehead atoms. The molecular formula is C14H17NO5. The average molecular weight is 279 g/mol. The Hall–Kier alpha value is -2.24. The maximum Gasteiger partial charge on any atom is 0.407 e. The van der Waals surface area contributed by atoms with Gasteiger partial charge in [-0.1, -0.05) is 6.07 Å². The Kier molecular flexibility index (Phi) is 4.45. The SMILES string of the molecule is COC(=O)NCc1ccc2c(c1)[C@@H](C(=O)OC)CCO2. The molecule has 6 heteroatoms. The van der Waals surface area contributed by atoms with Gasteiger partial charge in [0.15, 0.2) is 0 Å². The van der Waals surface area contributed by atoms with Gasteiger partial charge in [0, 0.05) is 12.1 Å². The minimum absolute atomic E-state index is 0.271. The molecule has 0 saturated heterocycles. The summed E-state index contributed by atoms with van der Waals surface area (Å²) in [7, 11) is 2.68. The third kappa shape index (κ3) is 3.01. The molecule has 0 unspecified atom stereocenters. The summed E-state index contributed by atoms with van der Waals surface area (Å²) in [6, 6.07) is 5.50. The van der Waals surface area contributed by atoms with E-state index in [9.17, 15) is 9.59 Å². The first-order valence-electron chi connectivity index (χ1n) is 6.31. The Bertz CT molecular complexity index is 514. The van der Waals surface area contributed by atoms with Crippen LogP contribution in [0.15, 0.2) is 18.2 Å². The zero-order valence-electron chi connectivity index (χ0n) is 11.5. The highest BCUT2D eigenvalue weighted by Gasteiger charge is 2.28. The summed E-state index contributed by atoms with van der Waals surface area (Å²) in [6.07, 6.45) is 0.0941. The summed E-state index contributed by atoms with van der Waals surface area (Å²) in [5.41, 5.74) is 1.67. The van der Waals surface area contributed by atoms with E-state index >= 15 is 0 Å². The lowest BCUT2D eigenvalue weighted by atomic mass is 9.92. The highest BCUT2D eigenvalue weighted by atomic mass is 16.5. The van der Waals surface area contributed by atoms with E-state index in [0.29, 0.717) is 25.3 Å². The molecular weight excluding hydrogens is 262 g/mol. The smallest absolute Gasteiger partial charge is 0.407 e. The molecule has 1 N–H and O–H groups in total. The van der Waals surface area contributed by atoms with Gasteiger partial charge in [-0.3, -0.25) is 4.79 Å². The number of carbonyl (C=O) groups is 2. The second-order valence-corrected chi connectivity index (χ2v) is 4.43. The van der Waals surface area contributed by atoms with Crippen molar-refractivity contribution in [2.75, 3.05) is 20.8 Å². The molecule has 1 atom stereocenters. The fourth-order valence-corrected chi connectivity index (χ4v) is 2.19. The summed E-state index contributed by atoms with van der Waals surface area (Å²) in [4.78, 5) is 22.8. The minimum atomic E-state index is -0.497. The monoisotopic (exact) mass is 279 g/mol. The first kappa shape index (κ1) is 14.2. The number of fused-ring (bicyclic) bond motifs is 1. The zero-order chi connectivity index (χ0) is 14.5. The number of alkyl carbamates (subject to hydrolysis) is 1. The summed E-state index contributed by atoms with van der Waals surface area (Å²) in [6.45, 7) is 0.820. The van der Waals surface area contributed by atoms with Crippen LogP contribution in [0.1, 0.15) is 23.5 Å². The highest BCUT2D eigenvalue weighted by molar-refractivity contribution is 5.79. The Balaban J connectivity index is 2.19. The predicted molar refractivity (Wildman–Crippen MR) is 70.6 cm³/mol. The molecule has 0 aromatic heterocycles. The van der Waals surface area contributed by atoms with E-state index < -0.39 is 6.09 Å². The van der Waals surface area contributed by atoms with Crippen LogP contribution in [-0.2, 0) is 20.8 Å². The van der Waals surface area contributed by atoms with Crippen LogP contribution in [-0.4, -0.2) is 32.9 Å². The standard InChI is InChI=1S/C14H17NO5/c1-18-13(16)10-5-6-20-12-4-3-9(7-11(10)12)8-15-14(17)19-2/h3-4,7,10H,5-6,8H2,1-2H3,(H,15,17)/t10-/m0/s1. The Morgan fingerprint density at radius 2 is 2.15 bits per heavy atom. The fraction of sp³-hybridized carbons (Fsp3) is 0.429. The lowest BCUT2D eigenvalue weighted by molar-refractivity contribution is -0.143. The van der Waals surface area contributed by atoms with Crippen molar-refractivity contribution in [3.8, 4) is 5.75 Å². The second-order valence-electron chi connectivity index (χ2n) is 4.43. The average Bonchev–Trinajstić information content (AvgIpc) is 2.50. The molecule has 1 aromatic carbocycles. The van der Waals surface area contributed by atoms with E-state index in [0.717, 1.165) is 11.1 Å². The van der Waals surface area contributed by atoms with Crippen molar-refractivity contribution in [2.45, 2.75) is 18.9 Å². The van der Waals surface area contributed by atoms with Gasteiger partial charge in [-0.05, 0) is 24.1 Å². The lowest BCUT2D eigenvalue weighted by Crippen LogP contribution is -2.24. The summed E-state index contributed by atoms with van der Waals surface area (Å²) in [5.74, 6) is 0.0999. The van der Waals surface area contributed by atoms with Gasteiger partial charge in [0.05, 0.1) is 26.7 Å². The first-order chi connectivity index (χ1) is 9.65. The Morgan fingerprint density at radius 1 is 1.35 bits per heavy atom. The molecule has 1 aliphatic heterocycles. The van der Waals surface area contributed by atoms with Crippen molar-refractivity contribution in [1.82, 2.24) is 5.32 Å². The third-order valence-electron chi connectivity index (χ3n) is 3.22. The second kappa shape index (κ2) is 6.27. The molecule has 0 radical (unpaired) electrons. The topological polar surface area (TPSA) is 73.9 Å². The van der Waals surface area contributed by atoms with Gasteiger partial charge in [-0.15, -0.1) is 0 Å². The molecule has 108 valence electrons. The van der Waals surface area contributed by atoms with Gasteiger partial charge >= 0.3 is 12.1 Å².